The molecule has 184 valence electrons. The second-order valence-corrected chi connectivity index (χ2v) is 8.71. The van der Waals surface area contributed by atoms with Gasteiger partial charge in [-0.2, -0.15) is 0 Å². The van der Waals surface area contributed by atoms with Gasteiger partial charge in [-0.1, -0.05) is 24.3 Å². The second-order valence-electron chi connectivity index (χ2n) is 8.71. The Morgan fingerprint density at radius 2 is 1.69 bits per heavy atom. The van der Waals surface area contributed by atoms with Crippen LogP contribution in [0.15, 0.2) is 58.7 Å². The van der Waals surface area contributed by atoms with Gasteiger partial charge in [0, 0.05) is 34.9 Å². The average Bonchev–Trinajstić information content (AvgIpc) is 2.87. The Bertz CT molecular complexity index is 1200. The first-order valence-corrected chi connectivity index (χ1v) is 11.8. The summed E-state index contributed by atoms with van der Waals surface area (Å²) in [6.45, 7) is 3.86. The molecule has 7 heteroatoms. The molecule has 0 saturated carbocycles. The third-order valence-electron chi connectivity index (χ3n) is 6.78. The fraction of sp³-hybridized carbons (Fsp3) is 0.393. The number of allylic oxidation sites excluding steroid dienone is 2. The molecule has 0 bridgehead atoms. The van der Waals surface area contributed by atoms with Crippen LogP contribution in [0.4, 0.5) is 0 Å². The molecular formula is C28H31NO6. The van der Waals surface area contributed by atoms with Gasteiger partial charge in [0.2, 0.25) is 0 Å². The molecule has 3 atom stereocenters. The molecule has 0 fully saturated rings. The van der Waals surface area contributed by atoms with E-state index in [9.17, 15) is 9.59 Å². The summed E-state index contributed by atoms with van der Waals surface area (Å²) in [6, 6.07) is 13.2. The first kappa shape index (κ1) is 24.5. The minimum Gasteiger partial charge on any atom is -0.496 e. The lowest BCUT2D eigenvalue weighted by molar-refractivity contribution is -0.146. The summed E-state index contributed by atoms with van der Waals surface area (Å²) in [5.74, 6) is 0.216. The molecule has 0 N–H and O–H groups in total. The summed E-state index contributed by atoms with van der Waals surface area (Å²) in [5, 5.41) is 0. The van der Waals surface area contributed by atoms with Crippen LogP contribution < -0.4 is 14.2 Å². The van der Waals surface area contributed by atoms with Crippen molar-refractivity contribution in [2.75, 3.05) is 27.9 Å². The van der Waals surface area contributed by atoms with E-state index in [1.54, 1.807) is 28.3 Å². The van der Waals surface area contributed by atoms with Crippen LogP contribution in [0, 0.1) is 5.92 Å². The fourth-order valence-electron chi connectivity index (χ4n) is 5.20. The summed E-state index contributed by atoms with van der Waals surface area (Å²) in [5.41, 5.74) is 3.70. The van der Waals surface area contributed by atoms with Gasteiger partial charge in [-0.3, -0.25) is 14.6 Å². The van der Waals surface area contributed by atoms with Crippen molar-refractivity contribution in [2.24, 2.45) is 10.9 Å². The molecule has 7 nitrogen and oxygen atoms in total. The molecule has 2 aromatic carbocycles. The minimum atomic E-state index is -0.688. The number of rotatable bonds is 7. The maximum absolute atomic E-state index is 13.7. The highest BCUT2D eigenvalue weighted by molar-refractivity contribution is 6.09. The molecular weight excluding hydrogens is 446 g/mol. The number of carbonyl (C=O) groups excluding carboxylic acids is 2. The molecule has 0 saturated heterocycles. The van der Waals surface area contributed by atoms with Crippen LogP contribution in [0.25, 0.3) is 0 Å². The number of hydrogen-bond acceptors (Lipinski definition) is 7. The molecule has 0 amide bonds. The number of para-hydroxylation sites is 1. The van der Waals surface area contributed by atoms with Crippen molar-refractivity contribution in [3.8, 4) is 17.2 Å². The number of ether oxygens (including phenoxy) is 4. The number of carbonyl (C=O) groups is 2. The molecule has 35 heavy (non-hydrogen) atoms. The highest BCUT2D eigenvalue weighted by Crippen LogP contribution is 2.49. The first-order valence-electron chi connectivity index (χ1n) is 11.8. The number of hydrogen-bond donors (Lipinski definition) is 0. The van der Waals surface area contributed by atoms with Gasteiger partial charge in [-0.05, 0) is 49.9 Å². The largest absolute Gasteiger partial charge is 0.496 e. The predicted octanol–water partition coefficient (Wildman–Crippen LogP) is 4.85. The number of ketones is 1. The molecule has 4 rings (SSSR count). The van der Waals surface area contributed by atoms with Crippen molar-refractivity contribution in [3.05, 3.63) is 64.9 Å². The zero-order valence-corrected chi connectivity index (χ0v) is 20.8. The van der Waals surface area contributed by atoms with Gasteiger partial charge in [-0.15, -0.1) is 0 Å². The molecule has 2 aromatic rings. The minimum absolute atomic E-state index is 0.0208. The number of benzene rings is 2. The van der Waals surface area contributed by atoms with Crippen molar-refractivity contribution in [1.29, 1.82) is 0 Å². The number of methoxy groups -OCH3 is 3. The van der Waals surface area contributed by atoms with Crippen LogP contribution in [-0.2, 0) is 14.3 Å². The molecule has 1 aliphatic carbocycles. The van der Waals surface area contributed by atoms with E-state index in [0.717, 1.165) is 16.8 Å². The zero-order valence-electron chi connectivity index (χ0n) is 20.8. The Hall–Kier alpha value is -3.61. The summed E-state index contributed by atoms with van der Waals surface area (Å²) >= 11 is 0. The van der Waals surface area contributed by atoms with E-state index in [1.807, 2.05) is 49.4 Å². The summed E-state index contributed by atoms with van der Waals surface area (Å²) < 4.78 is 21.9. The SMILES string of the molecule is CCOC(=O)C1C(C)=NC2=C(C(=O)C[C@@H](c3ccc(OC)c(OC)c3)C2)[C@@H]1c1ccccc1OC. The van der Waals surface area contributed by atoms with Gasteiger partial charge in [0.1, 0.15) is 11.7 Å². The Balaban J connectivity index is 1.81. The lowest BCUT2D eigenvalue weighted by Gasteiger charge is -2.37. The molecule has 1 heterocycles. The Morgan fingerprint density at radius 3 is 2.37 bits per heavy atom. The van der Waals surface area contributed by atoms with Gasteiger partial charge >= 0.3 is 5.97 Å². The van der Waals surface area contributed by atoms with E-state index in [0.29, 0.717) is 41.4 Å². The van der Waals surface area contributed by atoms with Gasteiger partial charge < -0.3 is 18.9 Å². The van der Waals surface area contributed by atoms with Gasteiger partial charge in [-0.25, -0.2) is 0 Å². The molecule has 0 spiro atoms. The van der Waals surface area contributed by atoms with Crippen LogP contribution in [0.2, 0.25) is 0 Å². The monoisotopic (exact) mass is 477 g/mol. The van der Waals surface area contributed by atoms with Gasteiger partial charge in [0.25, 0.3) is 0 Å². The maximum atomic E-state index is 13.7. The highest BCUT2D eigenvalue weighted by Gasteiger charge is 2.45. The Morgan fingerprint density at radius 1 is 0.971 bits per heavy atom. The highest BCUT2D eigenvalue weighted by atomic mass is 16.5. The average molecular weight is 478 g/mol. The molecule has 1 unspecified atom stereocenters. The lowest BCUT2D eigenvalue weighted by atomic mass is 9.69. The summed E-state index contributed by atoms with van der Waals surface area (Å²) in [4.78, 5) is 31.6. The van der Waals surface area contributed by atoms with Crippen molar-refractivity contribution in [2.45, 2.75) is 38.5 Å². The fourth-order valence-corrected chi connectivity index (χ4v) is 5.20. The van der Waals surface area contributed by atoms with Crippen molar-refractivity contribution in [3.63, 3.8) is 0 Å². The standard InChI is InChI=1S/C28H31NO6/c1-6-35-28(31)25-16(2)29-20-13-18(17-11-12-23(33-4)24(15-17)34-5)14-21(30)27(20)26(25)19-9-7-8-10-22(19)32-3/h7-12,15,18,25-26H,6,13-14H2,1-5H3/t18-,25?,26+/m0/s1. The molecule has 0 radical (unpaired) electrons. The number of aliphatic imine (C=N–C) groups is 1. The second kappa shape index (κ2) is 10.3. The zero-order chi connectivity index (χ0) is 25.1. The van der Waals surface area contributed by atoms with E-state index in [4.69, 9.17) is 23.9 Å². The third kappa shape index (κ3) is 4.55. The van der Waals surface area contributed by atoms with Crippen LogP contribution in [0.3, 0.4) is 0 Å². The normalized spacial score (nSPS) is 21.7. The van der Waals surface area contributed by atoms with Crippen molar-refractivity contribution in [1.82, 2.24) is 0 Å². The first-order chi connectivity index (χ1) is 16.9. The van der Waals surface area contributed by atoms with Crippen LogP contribution >= 0.6 is 0 Å². The van der Waals surface area contributed by atoms with E-state index >= 15 is 0 Å². The smallest absolute Gasteiger partial charge is 0.315 e. The van der Waals surface area contributed by atoms with E-state index in [1.165, 1.54) is 0 Å². The number of nitrogens with zero attached hydrogens (tertiary/aromatic N) is 1. The predicted molar refractivity (Wildman–Crippen MR) is 133 cm³/mol. The Kier molecular flexibility index (Phi) is 7.24. The quantitative estimate of drug-likeness (QED) is 0.530. The summed E-state index contributed by atoms with van der Waals surface area (Å²) in [6.07, 6.45) is 0.888. The van der Waals surface area contributed by atoms with Crippen LogP contribution in [0.5, 0.6) is 17.2 Å². The third-order valence-corrected chi connectivity index (χ3v) is 6.78. The number of esters is 1. The lowest BCUT2D eigenvalue weighted by Crippen LogP contribution is -2.38. The summed E-state index contributed by atoms with van der Waals surface area (Å²) in [7, 11) is 4.78. The van der Waals surface area contributed by atoms with Crippen molar-refractivity contribution >= 4 is 17.5 Å². The van der Waals surface area contributed by atoms with E-state index in [2.05, 4.69) is 0 Å². The topological polar surface area (TPSA) is 83.4 Å². The van der Waals surface area contributed by atoms with Crippen LogP contribution in [-0.4, -0.2) is 45.4 Å². The maximum Gasteiger partial charge on any atom is 0.315 e. The van der Waals surface area contributed by atoms with Crippen molar-refractivity contribution < 1.29 is 28.5 Å². The van der Waals surface area contributed by atoms with E-state index < -0.39 is 11.8 Å². The molecule has 1 aliphatic heterocycles. The molecule has 0 aromatic heterocycles. The number of Topliss-reactive ketones (excluding diaryl/α,β-unsaturated/α-hetero) is 1. The Labute approximate surface area is 205 Å². The van der Waals surface area contributed by atoms with Gasteiger partial charge in [0.05, 0.1) is 27.9 Å². The molecule has 2 aliphatic rings. The van der Waals surface area contributed by atoms with Crippen LogP contribution in [0.1, 0.15) is 49.7 Å². The van der Waals surface area contributed by atoms with E-state index in [-0.39, 0.29) is 24.3 Å². The van der Waals surface area contributed by atoms with Gasteiger partial charge in [0.15, 0.2) is 17.3 Å².